The number of rotatable bonds is 5. The Hall–Kier alpha value is -1.51. The lowest BCUT2D eigenvalue weighted by atomic mass is 10.0. The van der Waals surface area contributed by atoms with Crippen LogP contribution in [-0.2, 0) is 13.0 Å². The van der Waals surface area contributed by atoms with Crippen LogP contribution >= 0.6 is 11.6 Å². The Morgan fingerprint density at radius 2 is 2.05 bits per heavy atom. The lowest BCUT2D eigenvalue weighted by Gasteiger charge is -2.14. The fourth-order valence-corrected chi connectivity index (χ4v) is 3.06. The second-order valence-corrected chi connectivity index (χ2v) is 6.03. The van der Waals surface area contributed by atoms with Crippen LogP contribution in [-0.4, -0.2) is 13.2 Å². The summed E-state index contributed by atoms with van der Waals surface area (Å²) in [5, 5.41) is 4.32. The zero-order valence-corrected chi connectivity index (χ0v) is 13.0. The second-order valence-electron chi connectivity index (χ2n) is 5.59. The Balaban J connectivity index is 1.61. The average molecular weight is 302 g/mol. The molecule has 0 saturated heterocycles. The molecule has 1 aliphatic heterocycles. The van der Waals surface area contributed by atoms with E-state index in [-0.39, 0.29) is 0 Å². The van der Waals surface area contributed by atoms with E-state index < -0.39 is 0 Å². The fourth-order valence-electron chi connectivity index (χ4n) is 2.80. The van der Waals surface area contributed by atoms with Crippen molar-refractivity contribution in [3.8, 4) is 5.75 Å². The molecule has 1 unspecified atom stereocenters. The van der Waals surface area contributed by atoms with Gasteiger partial charge >= 0.3 is 0 Å². The molecule has 0 saturated carbocycles. The maximum absolute atomic E-state index is 6.18. The highest BCUT2D eigenvalue weighted by molar-refractivity contribution is 6.30. The molecule has 110 valence electrons. The van der Waals surface area contributed by atoms with E-state index in [1.807, 2.05) is 12.1 Å². The highest BCUT2D eigenvalue weighted by Gasteiger charge is 2.17. The molecule has 0 aromatic heterocycles. The highest BCUT2D eigenvalue weighted by Crippen LogP contribution is 2.32. The van der Waals surface area contributed by atoms with Gasteiger partial charge in [0.1, 0.15) is 5.75 Å². The minimum absolute atomic E-state index is 0.486. The quantitative estimate of drug-likeness (QED) is 0.895. The van der Waals surface area contributed by atoms with Crippen LogP contribution < -0.4 is 10.1 Å². The molecule has 0 aliphatic carbocycles. The maximum atomic E-state index is 6.18. The van der Waals surface area contributed by atoms with E-state index in [0.717, 1.165) is 42.5 Å². The summed E-state index contributed by atoms with van der Waals surface area (Å²) < 4.78 is 5.73. The third-order valence-corrected chi connectivity index (χ3v) is 4.18. The third-order valence-electron chi connectivity index (χ3n) is 3.96. The number of hydrogen-bond acceptors (Lipinski definition) is 2. The molecule has 0 fully saturated rings. The number of halogens is 1. The molecule has 0 bridgehead atoms. The molecule has 3 heteroatoms. The number of nitrogens with one attached hydrogen (secondary N) is 1. The average Bonchev–Trinajstić information content (AvgIpc) is 2.96. The molecule has 2 aromatic carbocycles. The molecule has 1 heterocycles. The first kappa shape index (κ1) is 14.4. The van der Waals surface area contributed by atoms with Crippen LogP contribution in [0.2, 0.25) is 5.02 Å². The zero-order valence-electron chi connectivity index (χ0n) is 12.2. The second kappa shape index (κ2) is 6.50. The molecule has 3 rings (SSSR count). The Kier molecular flexibility index (Phi) is 4.47. The molecular formula is C18H20ClNO. The van der Waals surface area contributed by atoms with Gasteiger partial charge in [-0.3, -0.25) is 0 Å². The summed E-state index contributed by atoms with van der Waals surface area (Å²) in [6.45, 7) is 4.73. The van der Waals surface area contributed by atoms with Crippen LogP contribution in [0.4, 0.5) is 0 Å². The van der Waals surface area contributed by atoms with Gasteiger partial charge in [0.05, 0.1) is 6.61 Å². The van der Waals surface area contributed by atoms with Crippen molar-refractivity contribution in [3.05, 3.63) is 64.2 Å². The first-order chi connectivity index (χ1) is 10.2. The summed E-state index contributed by atoms with van der Waals surface area (Å²) >= 11 is 6.18. The monoisotopic (exact) mass is 301 g/mol. The van der Waals surface area contributed by atoms with Crippen LogP contribution in [0.25, 0.3) is 0 Å². The van der Waals surface area contributed by atoms with Crippen molar-refractivity contribution < 1.29 is 4.74 Å². The van der Waals surface area contributed by atoms with Crippen LogP contribution in [0.5, 0.6) is 5.75 Å². The van der Waals surface area contributed by atoms with Crippen molar-refractivity contribution in [1.82, 2.24) is 5.32 Å². The molecular weight excluding hydrogens is 282 g/mol. The van der Waals surface area contributed by atoms with Gasteiger partial charge < -0.3 is 10.1 Å². The first-order valence-corrected chi connectivity index (χ1v) is 7.81. The molecule has 0 radical (unpaired) electrons. The summed E-state index contributed by atoms with van der Waals surface area (Å²) in [7, 11) is 0. The Morgan fingerprint density at radius 1 is 1.24 bits per heavy atom. The van der Waals surface area contributed by atoms with Gasteiger partial charge in [0.15, 0.2) is 0 Å². The highest BCUT2D eigenvalue weighted by atomic mass is 35.5. The number of benzene rings is 2. The van der Waals surface area contributed by atoms with Gasteiger partial charge in [-0.15, -0.1) is 0 Å². The van der Waals surface area contributed by atoms with E-state index in [1.165, 1.54) is 11.1 Å². The van der Waals surface area contributed by atoms with Crippen LogP contribution in [0.1, 0.15) is 29.5 Å². The van der Waals surface area contributed by atoms with Crippen molar-refractivity contribution in [2.75, 3.05) is 13.2 Å². The van der Waals surface area contributed by atoms with Gasteiger partial charge in [-0.1, -0.05) is 48.9 Å². The number of hydrogen-bond donors (Lipinski definition) is 1. The van der Waals surface area contributed by atoms with Crippen LogP contribution in [0.3, 0.4) is 0 Å². The van der Waals surface area contributed by atoms with E-state index in [9.17, 15) is 0 Å². The SMILES string of the molecule is CC(CNCc1cc(Cl)cc2c1OCC2)c1ccccc1. The molecule has 2 aromatic rings. The molecule has 0 spiro atoms. The van der Waals surface area contributed by atoms with Gasteiger partial charge in [0, 0.05) is 30.1 Å². The van der Waals surface area contributed by atoms with Gasteiger partial charge in [0.2, 0.25) is 0 Å². The standard InChI is InChI=1S/C18H20ClNO/c1-13(14-5-3-2-4-6-14)11-20-12-16-10-17(19)9-15-7-8-21-18(15)16/h2-6,9-10,13,20H,7-8,11-12H2,1H3. The maximum Gasteiger partial charge on any atom is 0.127 e. The number of fused-ring (bicyclic) bond motifs is 1. The van der Waals surface area contributed by atoms with E-state index >= 15 is 0 Å². The van der Waals surface area contributed by atoms with E-state index in [4.69, 9.17) is 16.3 Å². The molecule has 1 atom stereocenters. The Morgan fingerprint density at radius 3 is 2.86 bits per heavy atom. The molecule has 1 N–H and O–H groups in total. The minimum Gasteiger partial charge on any atom is -0.493 e. The number of ether oxygens (including phenoxy) is 1. The third kappa shape index (κ3) is 3.39. The summed E-state index contributed by atoms with van der Waals surface area (Å²) in [5.74, 6) is 1.51. The van der Waals surface area contributed by atoms with Crippen molar-refractivity contribution in [2.24, 2.45) is 0 Å². The minimum atomic E-state index is 0.486. The Labute approximate surface area is 131 Å². The predicted molar refractivity (Wildman–Crippen MR) is 87.2 cm³/mol. The zero-order chi connectivity index (χ0) is 14.7. The van der Waals surface area contributed by atoms with Crippen molar-refractivity contribution >= 4 is 11.6 Å². The lowest BCUT2D eigenvalue weighted by Crippen LogP contribution is -2.20. The van der Waals surface area contributed by atoms with Crippen molar-refractivity contribution in [1.29, 1.82) is 0 Å². The largest absolute Gasteiger partial charge is 0.493 e. The van der Waals surface area contributed by atoms with Gasteiger partial charge in [-0.05, 0) is 29.2 Å². The smallest absolute Gasteiger partial charge is 0.127 e. The molecule has 2 nitrogen and oxygen atoms in total. The first-order valence-electron chi connectivity index (χ1n) is 7.44. The lowest BCUT2D eigenvalue weighted by molar-refractivity contribution is 0.352. The van der Waals surface area contributed by atoms with E-state index in [1.54, 1.807) is 0 Å². The topological polar surface area (TPSA) is 21.3 Å². The molecule has 0 amide bonds. The van der Waals surface area contributed by atoms with E-state index in [2.05, 4.69) is 42.6 Å². The van der Waals surface area contributed by atoms with Crippen molar-refractivity contribution in [3.63, 3.8) is 0 Å². The van der Waals surface area contributed by atoms with Gasteiger partial charge in [-0.25, -0.2) is 0 Å². The summed E-state index contributed by atoms with van der Waals surface area (Å²) in [6, 6.07) is 14.6. The van der Waals surface area contributed by atoms with Crippen molar-refractivity contribution in [2.45, 2.75) is 25.8 Å². The van der Waals surface area contributed by atoms with Crippen LogP contribution in [0.15, 0.2) is 42.5 Å². The fraction of sp³-hybridized carbons (Fsp3) is 0.333. The normalized spacial score (nSPS) is 14.6. The van der Waals surface area contributed by atoms with Crippen LogP contribution in [0, 0.1) is 0 Å². The summed E-state index contributed by atoms with van der Waals surface area (Å²) in [6.07, 6.45) is 0.962. The molecule has 21 heavy (non-hydrogen) atoms. The predicted octanol–water partition coefficient (Wildman–Crippen LogP) is 4.17. The van der Waals surface area contributed by atoms with Gasteiger partial charge in [-0.2, -0.15) is 0 Å². The van der Waals surface area contributed by atoms with Gasteiger partial charge in [0.25, 0.3) is 0 Å². The summed E-state index contributed by atoms with van der Waals surface area (Å²) in [4.78, 5) is 0. The summed E-state index contributed by atoms with van der Waals surface area (Å²) in [5.41, 5.74) is 3.75. The molecule has 1 aliphatic rings. The van der Waals surface area contributed by atoms with E-state index in [0.29, 0.717) is 5.92 Å². The Bertz CT molecular complexity index is 612.